The second kappa shape index (κ2) is 7.08. The third-order valence-electron chi connectivity index (χ3n) is 3.96. The average molecular weight is 324 g/mol. The van der Waals surface area contributed by atoms with Gasteiger partial charge >= 0.3 is 0 Å². The van der Waals surface area contributed by atoms with Crippen molar-refractivity contribution in [3.63, 3.8) is 0 Å². The second-order valence-corrected chi connectivity index (χ2v) is 5.46. The summed E-state index contributed by atoms with van der Waals surface area (Å²) in [5, 5.41) is 3.98. The molecule has 0 bridgehead atoms. The van der Waals surface area contributed by atoms with Gasteiger partial charge in [0.15, 0.2) is 0 Å². The van der Waals surface area contributed by atoms with Crippen molar-refractivity contribution in [1.29, 1.82) is 0 Å². The number of ether oxygens (including phenoxy) is 2. The van der Waals surface area contributed by atoms with Crippen molar-refractivity contribution in [1.82, 2.24) is 9.88 Å². The van der Waals surface area contributed by atoms with Gasteiger partial charge in [-0.3, -0.25) is 4.79 Å². The lowest BCUT2D eigenvalue weighted by atomic mass is 10.2. The summed E-state index contributed by atoms with van der Waals surface area (Å²) >= 11 is 0. The zero-order valence-corrected chi connectivity index (χ0v) is 13.8. The molecule has 0 saturated heterocycles. The molecule has 0 unspecified atom stereocenters. The zero-order valence-electron chi connectivity index (χ0n) is 13.8. The van der Waals surface area contributed by atoms with Crippen LogP contribution in [0.25, 0.3) is 10.9 Å². The van der Waals surface area contributed by atoms with E-state index in [-0.39, 0.29) is 12.5 Å². The summed E-state index contributed by atoms with van der Waals surface area (Å²) in [7, 11) is 3.27. The maximum atomic E-state index is 12.3. The number of nitrogens with one attached hydrogen (secondary N) is 1. The standard InChI is InChI=1S/C19H20N2O3/c1-23-16-7-8-17-14(11-16)9-10-21(17)13-19(22)20-12-15-5-3-4-6-18(15)24-2/h3-11H,12-13H2,1-2H3,(H,20,22). The topological polar surface area (TPSA) is 52.5 Å². The minimum atomic E-state index is -0.0470. The van der Waals surface area contributed by atoms with Crippen LogP contribution in [0.3, 0.4) is 0 Å². The molecule has 1 heterocycles. The number of nitrogens with zero attached hydrogens (tertiary/aromatic N) is 1. The van der Waals surface area contributed by atoms with E-state index >= 15 is 0 Å². The van der Waals surface area contributed by atoms with E-state index in [1.165, 1.54) is 0 Å². The molecule has 0 aliphatic rings. The van der Waals surface area contributed by atoms with Crippen LogP contribution >= 0.6 is 0 Å². The molecule has 3 aromatic rings. The van der Waals surface area contributed by atoms with E-state index in [4.69, 9.17) is 9.47 Å². The van der Waals surface area contributed by atoms with Crippen LogP contribution in [0.2, 0.25) is 0 Å². The number of benzene rings is 2. The highest BCUT2D eigenvalue weighted by molar-refractivity contribution is 5.84. The quantitative estimate of drug-likeness (QED) is 0.758. The summed E-state index contributed by atoms with van der Waals surface area (Å²) in [4.78, 5) is 12.3. The van der Waals surface area contributed by atoms with Crippen molar-refractivity contribution in [3.05, 3.63) is 60.3 Å². The Bertz CT molecular complexity index is 855. The lowest BCUT2D eigenvalue weighted by molar-refractivity contribution is -0.121. The minimum Gasteiger partial charge on any atom is -0.497 e. The van der Waals surface area contributed by atoms with E-state index in [1.54, 1.807) is 14.2 Å². The summed E-state index contributed by atoms with van der Waals surface area (Å²) in [6, 6.07) is 15.4. The Labute approximate surface area is 140 Å². The van der Waals surface area contributed by atoms with E-state index < -0.39 is 0 Å². The number of methoxy groups -OCH3 is 2. The number of aromatic nitrogens is 1. The molecule has 1 aromatic heterocycles. The lowest BCUT2D eigenvalue weighted by Crippen LogP contribution is -2.27. The molecular formula is C19H20N2O3. The van der Waals surface area contributed by atoms with Crippen LogP contribution in [0.15, 0.2) is 54.7 Å². The van der Waals surface area contributed by atoms with E-state index in [2.05, 4.69) is 5.32 Å². The maximum absolute atomic E-state index is 12.3. The molecule has 24 heavy (non-hydrogen) atoms. The molecule has 0 aliphatic heterocycles. The summed E-state index contributed by atoms with van der Waals surface area (Å²) < 4.78 is 12.4. The van der Waals surface area contributed by atoms with Gasteiger partial charge in [0.2, 0.25) is 5.91 Å². The van der Waals surface area contributed by atoms with Crippen molar-refractivity contribution in [2.75, 3.05) is 14.2 Å². The van der Waals surface area contributed by atoms with Crippen molar-refractivity contribution < 1.29 is 14.3 Å². The Hall–Kier alpha value is -2.95. The first kappa shape index (κ1) is 15.9. The molecule has 0 aliphatic carbocycles. The van der Waals surface area contributed by atoms with Crippen LogP contribution in [0.4, 0.5) is 0 Å². The number of hydrogen-bond donors (Lipinski definition) is 1. The van der Waals surface area contributed by atoms with Crippen LogP contribution < -0.4 is 14.8 Å². The van der Waals surface area contributed by atoms with Gasteiger partial charge in [0.05, 0.1) is 14.2 Å². The summed E-state index contributed by atoms with van der Waals surface area (Å²) in [6.07, 6.45) is 1.91. The Balaban J connectivity index is 1.67. The fraction of sp³-hybridized carbons (Fsp3) is 0.211. The van der Waals surface area contributed by atoms with E-state index in [9.17, 15) is 4.79 Å². The highest BCUT2D eigenvalue weighted by Gasteiger charge is 2.08. The third-order valence-corrected chi connectivity index (χ3v) is 3.96. The SMILES string of the molecule is COc1ccc2c(ccn2CC(=O)NCc2ccccc2OC)c1. The molecule has 1 N–H and O–H groups in total. The normalized spacial score (nSPS) is 10.6. The van der Waals surface area contributed by atoms with Crippen molar-refractivity contribution in [2.24, 2.45) is 0 Å². The van der Waals surface area contributed by atoms with Gasteiger partial charge in [-0.25, -0.2) is 0 Å². The molecule has 2 aromatic carbocycles. The molecule has 0 atom stereocenters. The molecule has 0 saturated carbocycles. The van der Waals surface area contributed by atoms with Gasteiger partial charge in [0, 0.05) is 29.2 Å². The number of carbonyl (C=O) groups is 1. The summed E-state index contributed by atoms with van der Waals surface area (Å²) in [5.74, 6) is 1.53. The van der Waals surface area contributed by atoms with Gasteiger partial charge < -0.3 is 19.4 Å². The Morgan fingerprint density at radius 1 is 1.08 bits per heavy atom. The highest BCUT2D eigenvalue weighted by atomic mass is 16.5. The van der Waals surface area contributed by atoms with Crippen LogP contribution in [-0.2, 0) is 17.9 Å². The molecule has 5 heteroatoms. The molecule has 3 rings (SSSR count). The van der Waals surface area contributed by atoms with Crippen LogP contribution in [-0.4, -0.2) is 24.7 Å². The first-order valence-corrected chi connectivity index (χ1v) is 7.72. The lowest BCUT2D eigenvalue weighted by Gasteiger charge is -2.10. The highest BCUT2D eigenvalue weighted by Crippen LogP contribution is 2.22. The maximum Gasteiger partial charge on any atom is 0.240 e. The van der Waals surface area contributed by atoms with E-state index in [0.717, 1.165) is 28.0 Å². The molecule has 0 radical (unpaired) electrons. The van der Waals surface area contributed by atoms with Gasteiger partial charge in [0.1, 0.15) is 18.0 Å². The monoisotopic (exact) mass is 324 g/mol. The minimum absolute atomic E-state index is 0.0470. The van der Waals surface area contributed by atoms with Crippen molar-refractivity contribution in [3.8, 4) is 11.5 Å². The molecular weight excluding hydrogens is 304 g/mol. The largest absolute Gasteiger partial charge is 0.497 e. The Kier molecular flexibility index (Phi) is 4.70. The first-order chi connectivity index (χ1) is 11.7. The number of carbonyl (C=O) groups excluding carboxylic acids is 1. The number of rotatable bonds is 6. The second-order valence-electron chi connectivity index (χ2n) is 5.46. The molecule has 0 fully saturated rings. The predicted molar refractivity (Wildman–Crippen MR) is 93.3 cm³/mol. The fourth-order valence-electron chi connectivity index (χ4n) is 2.70. The fourth-order valence-corrected chi connectivity index (χ4v) is 2.70. The first-order valence-electron chi connectivity index (χ1n) is 7.72. The summed E-state index contributed by atoms with van der Waals surface area (Å²) in [5.41, 5.74) is 1.96. The van der Waals surface area contributed by atoms with Gasteiger partial charge in [-0.05, 0) is 30.3 Å². The summed E-state index contributed by atoms with van der Waals surface area (Å²) in [6.45, 7) is 0.709. The number of amides is 1. The van der Waals surface area contributed by atoms with Gasteiger partial charge in [-0.1, -0.05) is 18.2 Å². The zero-order chi connectivity index (χ0) is 16.9. The molecule has 5 nitrogen and oxygen atoms in total. The molecule has 0 spiro atoms. The van der Waals surface area contributed by atoms with Gasteiger partial charge in [0.25, 0.3) is 0 Å². The molecule has 124 valence electrons. The number of hydrogen-bond acceptors (Lipinski definition) is 3. The van der Waals surface area contributed by atoms with Gasteiger partial charge in [-0.2, -0.15) is 0 Å². The Morgan fingerprint density at radius 3 is 2.71 bits per heavy atom. The van der Waals surface area contributed by atoms with Crippen molar-refractivity contribution >= 4 is 16.8 Å². The van der Waals surface area contributed by atoms with Crippen LogP contribution in [0.5, 0.6) is 11.5 Å². The number of fused-ring (bicyclic) bond motifs is 1. The average Bonchev–Trinajstić information content (AvgIpc) is 3.02. The Morgan fingerprint density at radius 2 is 1.92 bits per heavy atom. The smallest absolute Gasteiger partial charge is 0.240 e. The molecule has 1 amide bonds. The van der Waals surface area contributed by atoms with Crippen LogP contribution in [0, 0.1) is 0 Å². The van der Waals surface area contributed by atoms with Gasteiger partial charge in [-0.15, -0.1) is 0 Å². The van der Waals surface area contributed by atoms with Crippen molar-refractivity contribution in [2.45, 2.75) is 13.1 Å². The van der Waals surface area contributed by atoms with E-state index in [0.29, 0.717) is 6.54 Å². The van der Waals surface area contributed by atoms with E-state index in [1.807, 2.05) is 59.3 Å². The predicted octanol–water partition coefficient (Wildman–Crippen LogP) is 2.97. The van der Waals surface area contributed by atoms with Crippen LogP contribution in [0.1, 0.15) is 5.56 Å². The number of para-hydroxylation sites is 1. The third kappa shape index (κ3) is 3.35.